The summed E-state index contributed by atoms with van der Waals surface area (Å²) in [7, 11) is 5.05. The molecule has 0 fully saturated rings. The maximum absolute atomic E-state index is 13.1. The summed E-state index contributed by atoms with van der Waals surface area (Å²) >= 11 is 1.30. The van der Waals surface area contributed by atoms with Crippen LogP contribution < -0.4 is 19.6 Å². The van der Waals surface area contributed by atoms with Gasteiger partial charge in [0.1, 0.15) is 16.2 Å². The van der Waals surface area contributed by atoms with E-state index < -0.39 is 23.7 Å². The van der Waals surface area contributed by atoms with Crippen LogP contribution in [0.2, 0.25) is 0 Å². The van der Waals surface area contributed by atoms with Crippen molar-refractivity contribution in [2.75, 3.05) is 21.2 Å². The summed E-state index contributed by atoms with van der Waals surface area (Å²) in [5, 5.41) is 0. The van der Waals surface area contributed by atoms with E-state index in [9.17, 15) is 9.59 Å². The molecule has 2 aromatic rings. The van der Waals surface area contributed by atoms with Gasteiger partial charge in [0.05, 0.1) is 13.2 Å². The number of benzene rings is 1. The fourth-order valence-corrected chi connectivity index (χ4v) is 4.82. The third-order valence-electron chi connectivity index (χ3n) is 4.71. The Morgan fingerprint density at radius 2 is 2.15 bits per heavy atom. The monoisotopic (exact) mass is 373 g/mol. The van der Waals surface area contributed by atoms with Crippen molar-refractivity contribution < 1.29 is 14.3 Å². The molecule has 3 atom stereocenters. The number of carbonyl (C=O) groups excluding carboxylic acids is 1. The third kappa shape index (κ3) is 2.28. The number of para-hydroxylation sites is 1. The van der Waals surface area contributed by atoms with E-state index in [2.05, 4.69) is 4.99 Å². The Hall–Kier alpha value is -2.61. The highest BCUT2D eigenvalue weighted by atomic mass is 32.1. The molecule has 8 heteroatoms. The fraction of sp³-hybridized carbons (Fsp3) is 0.389. The summed E-state index contributed by atoms with van der Waals surface area (Å²) in [6, 6.07) is 6.93. The predicted molar refractivity (Wildman–Crippen MR) is 96.6 cm³/mol. The summed E-state index contributed by atoms with van der Waals surface area (Å²) < 4.78 is 13.3. The Balaban J connectivity index is 2.08. The van der Waals surface area contributed by atoms with Gasteiger partial charge in [0, 0.05) is 25.9 Å². The molecule has 0 N–H and O–H groups in total. The van der Waals surface area contributed by atoms with Gasteiger partial charge in [-0.1, -0.05) is 29.5 Å². The highest BCUT2D eigenvalue weighted by Gasteiger charge is 2.55. The molecule has 0 saturated heterocycles. The number of thiazole rings is 1. The lowest BCUT2D eigenvalue weighted by Gasteiger charge is -2.44. The second-order valence-electron chi connectivity index (χ2n) is 6.77. The number of fused-ring (bicyclic) bond motifs is 6. The molecule has 2 aliphatic heterocycles. The van der Waals surface area contributed by atoms with Crippen molar-refractivity contribution in [3.8, 4) is 5.75 Å². The molecule has 136 valence electrons. The normalized spacial score (nSPS) is 26.2. The average Bonchev–Trinajstić information content (AvgIpc) is 2.87. The molecule has 0 unspecified atom stereocenters. The lowest BCUT2D eigenvalue weighted by Crippen LogP contribution is -2.58. The first-order valence-electron chi connectivity index (χ1n) is 8.21. The Bertz CT molecular complexity index is 1070. The van der Waals surface area contributed by atoms with E-state index in [0.29, 0.717) is 15.1 Å². The minimum Gasteiger partial charge on any atom is -0.469 e. The van der Waals surface area contributed by atoms with Crippen LogP contribution in [0.1, 0.15) is 18.5 Å². The Morgan fingerprint density at radius 1 is 1.42 bits per heavy atom. The number of esters is 1. The molecule has 1 aromatic carbocycles. The zero-order valence-electron chi connectivity index (χ0n) is 14.9. The van der Waals surface area contributed by atoms with Crippen LogP contribution in [0.25, 0.3) is 6.20 Å². The van der Waals surface area contributed by atoms with Crippen molar-refractivity contribution in [2.45, 2.75) is 18.7 Å². The summed E-state index contributed by atoms with van der Waals surface area (Å²) in [6.07, 6.45) is 1.76. The number of hydrogen-bond donors (Lipinski definition) is 0. The summed E-state index contributed by atoms with van der Waals surface area (Å²) in [5.74, 6) is -0.558. The van der Waals surface area contributed by atoms with Gasteiger partial charge >= 0.3 is 5.97 Å². The smallest absolute Gasteiger partial charge is 0.317 e. The van der Waals surface area contributed by atoms with E-state index in [4.69, 9.17) is 9.47 Å². The number of nitrogens with zero attached hydrogens (tertiary/aromatic N) is 3. The largest absolute Gasteiger partial charge is 0.469 e. The predicted octanol–water partition coefficient (Wildman–Crippen LogP) is 0.330. The third-order valence-corrected chi connectivity index (χ3v) is 5.68. The van der Waals surface area contributed by atoms with Crippen LogP contribution in [0.4, 0.5) is 0 Å². The van der Waals surface area contributed by atoms with Gasteiger partial charge in [-0.3, -0.25) is 14.2 Å². The number of hydrogen-bond acceptors (Lipinski definition) is 7. The van der Waals surface area contributed by atoms with Gasteiger partial charge in [-0.2, -0.15) is 0 Å². The van der Waals surface area contributed by atoms with Crippen molar-refractivity contribution >= 4 is 23.5 Å². The van der Waals surface area contributed by atoms with E-state index in [1.54, 1.807) is 17.7 Å². The van der Waals surface area contributed by atoms with Gasteiger partial charge in [-0.25, -0.2) is 4.99 Å². The standard InChI is InChI=1S/C18H19N3O4S/c1-18-13(16(23)24-4)14(10-7-5-6-8-11(10)25-18)21-15(22)12(9-20(2)3)26-17(21)19-18/h5-9,13-14H,1-4H3/b12-9-/t13-,14+,18+/m0/s1. The number of ether oxygens (including phenoxy) is 2. The minimum absolute atomic E-state index is 0.167. The van der Waals surface area contributed by atoms with Crippen LogP contribution in [0.5, 0.6) is 5.75 Å². The van der Waals surface area contributed by atoms with Gasteiger partial charge in [0.2, 0.25) is 5.72 Å². The second-order valence-corrected chi connectivity index (χ2v) is 7.78. The number of rotatable bonds is 2. The molecule has 1 aromatic heterocycles. The van der Waals surface area contributed by atoms with Crippen LogP contribution in [-0.2, 0) is 9.53 Å². The highest BCUT2D eigenvalue weighted by molar-refractivity contribution is 7.06. The second kappa shape index (κ2) is 5.70. The van der Waals surface area contributed by atoms with E-state index >= 15 is 0 Å². The minimum atomic E-state index is -1.13. The highest BCUT2D eigenvalue weighted by Crippen LogP contribution is 2.47. The molecule has 0 spiro atoms. The average molecular weight is 373 g/mol. The lowest BCUT2D eigenvalue weighted by molar-refractivity contribution is -0.158. The SMILES string of the molecule is COC(=O)[C@@H]1[C@H]2c3ccccc3O[C@@]1(C)N=c1s/c(=C\N(C)C)c(=O)n12. The van der Waals surface area contributed by atoms with Crippen LogP contribution in [-0.4, -0.2) is 42.4 Å². The molecule has 26 heavy (non-hydrogen) atoms. The summed E-state index contributed by atoms with van der Waals surface area (Å²) in [5.41, 5.74) is -0.508. The van der Waals surface area contributed by atoms with E-state index in [-0.39, 0.29) is 5.56 Å². The topological polar surface area (TPSA) is 73.1 Å². The first-order valence-corrected chi connectivity index (χ1v) is 9.02. The molecule has 0 aliphatic carbocycles. The van der Waals surface area contributed by atoms with Gasteiger partial charge in [-0.05, 0) is 13.0 Å². The van der Waals surface area contributed by atoms with Crippen molar-refractivity contribution in [1.82, 2.24) is 9.47 Å². The molecular weight excluding hydrogens is 354 g/mol. The lowest BCUT2D eigenvalue weighted by atomic mass is 9.81. The summed E-state index contributed by atoms with van der Waals surface area (Å²) in [6.45, 7) is 1.76. The van der Waals surface area contributed by atoms with Gasteiger partial charge < -0.3 is 14.4 Å². The van der Waals surface area contributed by atoms with Crippen molar-refractivity contribution in [1.29, 1.82) is 0 Å². The van der Waals surface area contributed by atoms with E-state index in [1.165, 1.54) is 18.4 Å². The Morgan fingerprint density at radius 3 is 2.85 bits per heavy atom. The van der Waals surface area contributed by atoms with Crippen LogP contribution >= 0.6 is 11.3 Å². The molecule has 2 aliphatic rings. The Labute approximate surface area is 153 Å². The number of carbonyl (C=O) groups is 1. The van der Waals surface area contributed by atoms with Crippen molar-refractivity contribution in [2.24, 2.45) is 10.9 Å². The van der Waals surface area contributed by atoms with E-state index in [1.807, 2.05) is 43.3 Å². The maximum Gasteiger partial charge on any atom is 0.317 e. The molecule has 4 rings (SSSR count). The first kappa shape index (κ1) is 16.8. The molecule has 0 amide bonds. The van der Waals surface area contributed by atoms with Crippen LogP contribution in [0.15, 0.2) is 34.1 Å². The summed E-state index contributed by atoms with van der Waals surface area (Å²) in [4.78, 5) is 32.7. The van der Waals surface area contributed by atoms with Crippen LogP contribution in [0, 0.1) is 5.92 Å². The molecule has 2 bridgehead atoms. The zero-order valence-corrected chi connectivity index (χ0v) is 15.7. The fourth-order valence-electron chi connectivity index (χ4n) is 3.66. The number of methoxy groups -OCH3 is 1. The molecule has 0 saturated carbocycles. The van der Waals surface area contributed by atoms with Crippen molar-refractivity contribution in [3.63, 3.8) is 0 Å². The molecular formula is C18H19N3O4S. The van der Waals surface area contributed by atoms with Gasteiger partial charge in [-0.15, -0.1) is 0 Å². The zero-order chi connectivity index (χ0) is 18.6. The first-order chi connectivity index (χ1) is 12.4. The van der Waals surface area contributed by atoms with Gasteiger partial charge in [0.15, 0.2) is 4.80 Å². The quantitative estimate of drug-likeness (QED) is 0.710. The molecule has 3 heterocycles. The molecule has 7 nitrogen and oxygen atoms in total. The van der Waals surface area contributed by atoms with Crippen LogP contribution in [0.3, 0.4) is 0 Å². The molecule has 0 radical (unpaired) electrons. The van der Waals surface area contributed by atoms with Gasteiger partial charge in [0.25, 0.3) is 5.56 Å². The Kier molecular flexibility index (Phi) is 3.69. The maximum atomic E-state index is 13.1. The van der Waals surface area contributed by atoms with Crippen molar-refractivity contribution in [3.05, 3.63) is 49.5 Å². The number of aromatic nitrogens is 1. The van der Waals surface area contributed by atoms with E-state index in [0.717, 1.165) is 5.56 Å².